The molecule has 2 amide bonds. The maximum atomic E-state index is 10.7. The minimum Gasteiger partial charge on any atom is -0.304 e. The zero-order chi connectivity index (χ0) is 7.84. The van der Waals surface area contributed by atoms with E-state index in [0.717, 1.165) is 16.9 Å². The zero-order valence-electron chi connectivity index (χ0n) is 6.09. The molecule has 1 aliphatic rings. The van der Waals surface area contributed by atoms with Gasteiger partial charge in [-0.1, -0.05) is 6.07 Å². The van der Waals surface area contributed by atoms with E-state index >= 15 is 0 Å². The van der Waals surface area contributed by atoms with E-state index in [1.165, 1.54) is 0 Å². The Kier molecular flexibility index (Phi) is 1.12. The number of carbonyl (C=O) groups is 1. The predicted molar refractivity (Wildman–Crippen MR) is 42.0 cm³/mol. The molecule has 0 saturated heterocycles. The molecule has 1 aliphatic heterocycles. The summed E-state index contributed by atoms with van der Waals surface area (Å²) in [6.07, 6.45) is 0. The molecule has 1 aromatic carbocycles. The smallest absolute Gasteiger partial charge is 0.304 e. The lowest BCUT2D eigenvalue weighted by atomic mass is 10.2. The van der Waals surface area contributed by atoms with E-state index in [-0.39, 0.29) is 6.03 Å². The molecule has 55 valence electrons. The van der Waals surface area contributed by atoms with Crippen molar-refractivity contribution in [2.24, 2.45) is 0 Å². The zero-order valence-corrected chi connectivity index (χ0v) is 6.09. The van der Waals surface area contributed by atoms with Crippen LogP contribution in [0, 0.1) is 6.92 Å². The third-order valence-corrected chi connectivity index (χ3v) is 1.62. The van der Waals surface area contributed by atoms with Crippen LogP contribution in [-0.4, -0.2) is 6.03 Å². The molecule has 0 spiro atoms. The van der Waals surface area contributed by atoms with E-state index in [0.29, 0.717) is 0 Å². The number of anilines is 1. The summed E-state index contributed by atoms with van der Waals surface area (Å²) in [6.45, 7) is 1.97. The molecule has 0 bridgehead atoms. The Hall–Kier alpha value is -1.51. The predicted octanol–water partition coefficient (Wildman–Crippen LogP) is 1.78. The average molecular weight is 147 g/mol. The Morgan fingerprint density at radius 3 is 3.09 bits per heavy atom. The number of hydrogen-bond acceptors (Lipinski definition) is 1. The number of hydrogen-bond donors (Lipinski definition) is 1. The summed E-state index contributed by atoms with van der Waals surface area (Å²) in [6, 6.07) is 5.41. The molecule has 1 aromatic rings. The molecule has 0 fully saturated rings. The number of fused-ring (bicyclic) bond motifs is 1. The number of rotatable bonds is 0. The minimum atomic E-state index is -0.273. The van der Waals surface area contributed by atoms with Crippen molar-refractivity contribution in [1.29, 1.82) is 0 Å². The molecular weight excluding hydrogens is 140 g/mol. The third kappa shape index (κ3) is 0.941. The van der Waals surface area contributed by atoms with Crippen LogP contribution >= 0.6 is 0 Å². The molecule has 11 heavy (non-hydrogen) atoms. The van der Waals surface area contributed by atoms with Crippen LogP contribution in [0.1, 0.15) is 5.56 Å². The Morgan fingerprint density at radius 1 is 1.45 bits per heavy atom. The first-order chi connectivity index (χ1) is 5.25. The number of aryl methyl sites for hydroxylation is 1. The van der Waals surface area contributed by atoms with Crippen LogP contribution in [-0.2, 0) is 0 Å². The van der Waals surface area contributed by atoms with Crippen molar-refractivity contribution in [2.75, 3.05) is 5.32 Å². The van der Waals surface area contributed by atoms with Gasteiger partial charge < -0.3 is 5.32 Å². The second kappa shape index (κ2) is 1.99. The molecule has 1 radical (unpaired) electrons. The molecule has 0 aliphatic carbocycles. The normalized spacial score (nSPS) is 13.7. The minimum absolute atomic E-state index is 0.273. The topological polar surface area (TPSA) is 43.2 Å². The molecule has 1 N–H and O–H groups in total. The van der Waals surface area contributed by atoms with Crippen molar-refractivity contribution in [2.45, 2.75) is 6.92 Å². The van der Waals surface area contributed by atoms with Crippen molar-refractivity contribution in [3.05, 3.63) is 23.8 Å². The lowest BCUT2D eigenvalue weighted by Gasteiger charge is -1.95. The molecule has 0 aromatic heterocycles. The highest BCUT2D eigenvalue weighted by Crippen LogP contribution is 2.27. The highest BCUT2D eigenvalue weighted by Gasteiger charge is 2.17. The molecule has 2 rings (SSSR count). The SMILES string of the molecule is Cc1ccc2c(c1)[N]C(=O)N2. The van der Waals surface area contributed by atoms with Gasteiger partial charge in [0.1, 0.15) is 0 Å². The van der Waals surface area contributed by atoms with Crippen molar-refractivity contribution in [3.8, 4) is 0 Å². The highest BCUT2D eigenvalue weighted by atomic mass is 16.2. The summed E-state index contributed by atoms with van der Waals surface area (Å²) in [7, 11) is 0. The van der Waals surface area contributed by atoms with Gasteiger partial charge in [0.15, 0.2) is 0 Å². The third-order valence-electron chi connectivity index (χ3n) is 1.62. The Balaban J connectivity index is 2.51. The van der Waals surface area contributed by atoms with Crippen LogP contribution in [0.3, 0.4) is 0 Å². The van der Waals surface area contributed by atoms with Crippen LogP contribution in [0.15, 0.2) is 18.2 Å². The van der Waals surface area contributed by atoms with Gasteiger partial charge in [-0.2, -0.15) is 5.32 Å². The first-order valence-corrected chi connectivity index (χ1v) is 3.39. The number of carbonyl (C=O) groups excluding carboxylic acids is 1. The summed E-state index contributed by atoms with van der Waals surface area (Å²) >= 11 is 0. The van der Waals surface area contributed by atoms with Gasteiger partial charge in [0.05, 0.1) is 11.4 Å². The van der Waals surface area contributed by atoms with Crippen LogP contribution in [0.4, 0.5) is 16.2 Å². The fourth-order valence-corrected chi connectivity index (χ4v) is 1.09. The van der Waals surface area contributed by atoms with Gasteiger partial charge >= 0.3 is 6.03 Å². The summed E-state index contributed by atoms with van der Waals surface area (Å²) in [5.74, 6) is 0. The van der Waals surface area contributed by atoms with E-state index in [1.54, 1.807) is 0 Å². The first kappa shape index (κ1) is 6.22. The molecular formula is C8H7N2O. The molecule has 0 atom stereocenters. The maximum Gasteiger partial charge on any atom is 0.346 e. The quantitative estimate of drug-likeness (QED) is 0.597. The Bertz CT molecular complexity index is 320. The lowest BCUT2D eigenvalue weighted by Crippen LogP contribution is -2.08. The van der Waals surface area contributed by atoms with Gasteiger partial charge in [0, 0.05) is 0 Å². The fraction of sp³-hybridized carbons (Fsp3) is 0.125. The molecule has 0 saturated carbocycles. The van der Waals surface area contributed by atoms with Crippen molar-refractivity contribution in [3.63, 3.8) is 0 Å². The van der Waals surface area contributed by atoms with Crippen molar-refractivity contribution < 1.29 is 4.79 Å². The Labute approximate surface area is 64.4 Å². The molecule has 1 heterocycles. The van der Waals surface area contributed by atoms with Crippen LogP contribution in [0.2, 0.25) is 0 Å². The number of nitrogens with zero attached hydrogens (tertiary/aromatic N) is 1. The first-order valence-electron chi connectivity index (χ1n) is 3.39. The number of urea groups is 1. The van der Waals surface area contributed by atoms with Gasteiger partial charge in [-0.3, -0.25) is 0 Å². The van der Waals surface area contributed by atoms with E-state index in [4.69, 9.17) is 0 Å². The summed E-state index contributed by atoms with van der Waals surface area (Å²) in [5.41, 5.74) is 2.67. The van der Waals surface area contributed by atoms with E-state index in [2.05, 4.69) is 10.6 Å². The monoisotopic (exact) mass is 147 g/mol. The van der Waals surface area contributed by atoms with Gasteiger partial charge in [-0.15, -0.1) is 0 Å². The number of benzene rings is 1. The van der Waals surface area contributed by atoms with E-state index in [1.807, 2.05) is 25.1 Å². The second-order valence-corrected chi connectivity index (χ2v) is 2.56. The standard InChI is InChI=1S/C8H7N2O/c1-5-2-3-6-7(4-5)10-8(11)9-6/h2-4H,1H3,(H,9,11). The highest BCUT2D eigenvalue weighted by molar-refractivity contribution is 6.02. The molecule has 3 nitrogen and oxygen atoms in total. The second-order valence-electron chi connectivity index (χ2n) is 2.56. The average Bonchev–Trinajstić information content (AvgIpc) is 2.27. The van der Waals surface area contributed by atoms with Crippen LogP contribution in [0.25, 0.3) is 0 Å². The largest absolute Gasteiger partial charge is 0.346 e. The summed E-state index contributed by atoms with van der Waals surface area (Å²) < 4.78 is 0. The number of nitrogens with one attached hydrogen (secondary N) is 1. The number of amides is 2. The lowest BCUT2D eigenvalue weighted by molar-refractivity contribution is 0.256. The molecule has 0 unspecified atom stereocenters. The van der Waals surface area contributed by atoms with Crippen LogP contribution < -0.4 is 10.6 Å². The summed E-state index contributed by atoms with van der Waals surface area (Å²) in [5, 5.41) is 6.38. The summed E-state index contributed by atoms with van der Waals surface area (Å²) in [4.78, 5) is 10.7. The van der Waals surface area contributed by atoms with E-state index in [9.17, 15) is 4.79 Å². The van der Waals surface area contributed by atoms with Gasteiger partial charge in [-0.05, 0) is 24.6 Å². The Morgan fingerprint density at radius 2 is 2.27 bits per heavy atom. The van der Waals surface area contributed by atoms with Gasteiger partial charge in [0.25, 0.3) is 0 Å². The van der Waals surface area contributed by atoms with Crippen molar-refractivity contribution >= 4 is 17.4 Å². The van der Waals surface area contributed by atoms with Gasteiger partial charge in [-0.25, -0.2) is 4.79 Å². The van der Waals surface area contributed by atoms with Crippen molar-refractivity contribution in [1.82, 2.24) is 5.32 Å². The van der Waals surface area contributed by atoms with Crippen LogP contribution in [0.5, 0.6) is 0 Å². The fourth-order valence-electron chi connectivity index (χ4n) is 1.09. The van der Waals surface area contributed by atoms with Gasteiger partial charge in [0.2, 0.25) is 0 Å². The molecule has 3 heteroatoms. The maximum absolute atomic E-state index is 10.7. The van der Waals surface area contributed by atoms with E-state index < -0.39 is 0 Å².